The Morgan fingerprint density at radius 3 is 2.60 bits per heavy atom. The molecule has 1 aromatic heterocycles. The molecule has 136 valence electrons. The number of nitrogens with zero attached hydrogens (tertiary/aromatic N) is 1. The molecule has 0 amide bonds. The average Bonchev–Trinajstić information content (AvgIpc) is 2.62. The number of ether oxygens (including phenoxy) is 2. The lowest BCUT2D eigenvalue weighted by Crippen LogP contribution is -2.17. The molecule has 0 unspecified atom stereocenters. The number of aromatic nitrogens is 1. The van der Waals surface area contributed by atoms with Crippen LogP contribution in [-0.2, 0) is 6.54 Å². The molecule has 2 aromatic rings. The quantitative estimate of drug-likeness (QED) is 0.607. The number of pyridine rings is 1. The van der Waals surface area contributed by atoms with Gasteiger partial charge in [-0.05, 0) is 51.4 Å². The molecule has 0 bridgehead atoms. The van der Waals surface area contributed by atoms with Crippen molar-refractivity contribution in [3.8, 4) is 11.5 Å². The third-order valence-electron chi connectivity index (χ3n) is 3.70. The van der Waals surface area contributed by atoms with Crippen molar-refractivity contribution in [3.05, 3.63) is 48.2 Å². The largest absolute Gasteiger partial charge is 0.493 e. The Balaban J connectivity index is 1.71. The normalized spacial score (nSPS) is 10.7. The van der Waals surface area contributed by atoms with E-state index in [2.05, 4.69) is 21.7 Å². The van der Waals surface area contributed by atoms with E-state index < -0.39 is 0 Å². The van der Waals surface area contributed by atoms with Gasteiger partial charge in [-0.3, -0.25) is 0 Å². The Morgan fingerprint density at radius 1 is 1.04 bits per heavy atom. The van der Waals surface area contributed by atoms with Gasteiger partial charge in [0.1, 0.15) is 5.82 Å². The molecule has 5 heteroatoms. The fraction of sp³-hybridized carbons (Fsp3) is 0.450. The van der Waals surface area contributed by atoms with Gasteiger partial charge in [0, 0.05) is 24.8 Å². The van der Waals surface area contributed by atoms with Gasteiger partial charge in [-0.1, -0.05) is 18.2 Å². The van der Waals surface area contributed by atoms with Crippen LogP contribution in [0.5, 0.6) is 11.5 Å². The molecule has 0 saturated carbocycles. The fourth-order valence-corrected chi connectivity index (χ4v) is 2.51. The molecule has 1 aromatic carbocycles. The summed E-state index contributed by atoms with van der Waals surface area (Å²) < 4.78 is 11.4. The van der Waals surface area contributed by atoms with Crippen molar-refractivity contribution < 1.29 is 9.47 Å². The lowest BCUT2D eigenvalue weighted by molar-refractivity contribution is 0.227. The summed E-state index contributed by atoms with van der Waals surface area (Å²) in [6.07, 6.45) is 4.11. The first-order chi connectivity index (χ1) is 12.2. The highest BCUT2D eigenvalue weighted by molar-refractivity contribution is 5.46. The van der Waals surface area contributed by atoms with Gasteiger partial charge < -0.3 is 20.1 Å². The van der Waals surface area contributed by atoms with Crippen LogP contribution in [0.15, 0.2) is 42.6 Å². The van der Waals surface area contributed by atoms with E-state index in [0.29, 0.717) is 0 Å². The van der Waals surface area contributed by atoms with Crippen molar-refractivity contribution in [1.82, 2.24) is 10.3 Å². The number of rotatable bonds is 11. The zero-order valence-electron chi connectivity index (χ0n) is 15.4. The Kier molecular flexibility index (Phi) is 8.05. The molecule has 5 nitrogen and oxygen atoms in total. The molecule has 0 radical (unpaired) electrons. The molecule has 2 rings (SSSR count). The molecular formula is C20H29N3O2. The van der Waals surface area contributed by atoms with Gasteiger partial charge in [-0.15, -0.1) is 0 Å². The summed E-state index contributed by atoms with van der Waals surface area (Å²) in [4.78, 5) is 4.25. The Morgan fingerprint density at radius 2 is 1.88 bits per heavy atom. The van der Waals surface area contributed by atoms with E-state index in [1.54, 1.807) is 13.3 Å². The van der Waals surface area contributed by atoms with Gasteiger partial charge in [-0.25, -0.2) is 4.98 Å². The Hall–Kier alpha value is -2.27. The minimum absolute atomic E-state index is 0.118. The van der Waals surface area contributed by atoms with Crippen LogP contribution in [-0.4, -0.2) is 31.3 Å². The smallest absolute Gasteiger partial charge is 0.166 e. The summed E-state index contributed by atoms with van der Waals surface area (Å²) in [5.74, 6) is 2.55. The number of hydrogen-bond acceptors (Lipinski definition) is 5. The molecule has 0 aliphatic heterocycles. The maximum absolute atomic E-state index is 5.93. The molecule has 0 fully saturated rings. The molecule has 0 atom stereocenters. The minimum Gasteiger partial charge on any atom is -0.493 e. The lowest BCUT2D eigenvalue weighted by atomic mass is 10.1. The number of methoxy groups -OCH3 is 1. The van der Waals surface area contributed by atoms with Crippen LogP contribution in [0.2, 0.25) is 0 Å². The van der Waals surface area contributed by atoms with Crippen LogP contribution in [0.1, 0.15) is 32.3 Å². The molecule has 0 aliphatic rings. The van der Waals surface area contributed by atoms with Gasteiger partial charge in [-0.2, -0.15) is 0 Å². The van der Waals surface area contributed by atoms with Crippen molar-refractivity contribution in [3.63, 3.8) is 0 Å². The third-order valence-corrected chi connectivity index (χ3v) is 3.70. The first-order valence-corrected chi connectivity index (χ1v) is 8.89. The van der Waals surface area contributed by atoms with Gasteiger partial charge in [0.2, 0.25) is 0 Å². The van der Waals surface area contributed by atoms with Crippen molar-refractivity contribution in [2.75, 3.05) is 25.5 Å². The molecular weight excluding hydrogens is 314 g/mol. The maximum Gasteiger partial charge on any atom is 0.166 e. The van der Waals surface area contributed by atoms with Crippen LogP contribution >= 0.6 is 0 Å². The topological polar surface area (TPSA) is 55.4 Å². The van der Waals surface area contributed by atoms with Crippen molar-refractivity contribution >= 4 is 5.82 Å². The number of nitrogens with one attached hydrogen (secondary N) is 2. The monoisotopic (exact) mass is 343 g/mol. The number of benzene rings is 1. The first-order valence-electron chi connectivity index (χ1n) is 8.89. The van der Waals surface area contributed by atoms with E-state index in [0.717, 1.165) is 55.4 Å². The highest BCUT2D eigenvalue weighted by Gasteiger charge is 2.11. The van der Waals surface area contributed by atoms with E-state index in [1.165, 1.54) is 0 Å². The second-order valence-corrected chi connectivity index (χ2v) is 6.14. The number of anilines is 1. The van der Waals surface area contributed by atoms with Gasteiger partial charge in [0.15, 0.2) is 11.5 Å². The average molecular weight is 343 g/mol. The third kappa shape index (κ3) is 6.63. The van der Waals surface area contributed by atoms with E-state index in [9.17, 15) is 0 Å². The summed E-state index contributed by atoms with van der Waals surface area (Å²) in [7, 11) is 1.67. The zero-order chi connectivity index (χ0) is 17.9. The molecule has 2 N–H and O–H groups in total. The fourth-order valence-electron chi connectivity index (χ4n) is 2.51. The van der Waals surface area contributed by atoms with E-state index in [4.69, 9.17) is 9.47 Å². The van der Waals surface area contributed by atoms with E-state index in [1.807, 2.05) is 44.2 Å². The van der Waals surface area contributed by atoms with Crippen molar-refractivity contribution in [2.24, 2.45) is 0 Å². The highest BCUT2D eigenvalue weighted by Crippen LogP contribution is 2.31. The Labute approximate surface area is 150 Å². The van der Waals surface area contributed by atoms with Gasteiger partial charge in [0.05, 0.1) is 13.2 Å². The van der Waals surface area contributed by atoms with Gasteiger partial charge >= 0.3 is 0 Å². The molecule has 0 spiro atoms. The summed E-state index contributed by atoms with van der Waals surface area (Å²) in [6, 6.07) is 11.9. The lowest BCUT2D eigenvalue weighted by Gasteiger charge is -2.17. The molecule has 0 saturated heterocycles. The summed E-state index contributed by atoms with van der Waals surface area (Å²) in [6.45, 7) is 6.71. The second-order valence-electron chi connectivity index (χ2n) is 6.14. The molecule has 25 heavy (non-hydrogen) atoms. The second kappa shape index (κ2) is 10.6. The standard InChI is InChI=1S/C20H29N3O2/c1-16(2)25-20-17(9-8-10-18(20)24-3)15-21-12-6-7-14-23-19-11-4-5-13-22-19/h4-5,8-11,13,16,21H,6-7,12,14-15H2,1-3H3,(H,22,23). The molecule has 0 aliphatic carbocycles. The predicted molar refractivity (Wildman–Crippen MR) is 102 cm³/mol. The van der Waals surface area contributed by atoms with Crippen molar-refractivity contribution in [1.29, 1.82) is 0 Å². The summed E-state index contributed by atoms with van der Waals surface area (Å²) in [5, 5.41) is 6.81. The summed E-state index contributed by atoms with van der Waals surface area (Å²) in [5.41, 5.74) is 1.12. The van der Waals surface area contributed by atoms with Crippen LogP contribution in [0.25, 0.3) is 0 Å². The number of hydrogen-bond donors (Lipinski definition) is 2. The minimum atomic E-state index is 0.118. The van der Waals surface area contributed by atoms with Gasteiger partial charge in [0.25, 0.3) is 0 Å². The van der Waals surface area contributed by atoms with Crippen LogP contribution in [0, 0.1) is 0 Å². The zero-order valence-corrected chi connectivity index (χ0v) is 15.4. The van der Waals surface area contributed by atoms with E-state index in [-0.39, 0.29) is 6.10 Å². The van der Waals surface area contributed by atoms with Crippen LogP contribution in [0.4, 0.5) is 5.82 Å². The summed E-state index contributed by atoms with van der Waals surface area (Å²) >= 11 is 0. The maximum atomic E-state index is 5.93. The van der Waals surface area contributed by atoms with E-state index >= 15 is 0 Å². The number of unbranched alkanes of at least 4 members (excludes halogenated alkanes) is 1. The van der Waals surface area contributed by atoms with Crippen LogP contribution in [0.3, 0.4) is 0 Å². The SMILES string of the molecule is COc1cccc(CNCCCCNc2ccccn2)c1OC(C)C. The molecule has 1 heterocycles. The highest BCUT2D eigenvalue weighted by atomic mass is 16.5. The first kappa shape index (κ1) is 19.1. The van der Waals surface area contributed by atoms with Crippen molar-refractivity contribution in [2.45, 2.75) is 39.3 Å². The Bertz CT molecular complexity index is 618. The number of para-hydroxylation sites is 1. The van der Waals surface area contributed by atoms with Crippen LogP contribution < -0.4 is 20.1 Å². The predicted octanol–water partition coefficient (Wildman–Crippen LogP) is 3.86.